The number of nitriles is 1. The van der Waals surface area contributed by atoms with Gasteiger partial charge < -0.3 is 33.4 Å². The molecule has 0 spiro atoms. The molecule has 5 aromatic rings. The number of aromatic carboxylic acids is 1. The molecule has 0 amide bonds. The van der Waals surface area contributed by atoms with Crippen LogP contribution in [-0.4, -0.2) is 65.3 Å². The van der Waals surface area contributed by atoms with Gasteiger partial charge in [-0.2, -0.15) is 5.26 Å². The molecule has 2 aromatic heterocycles. The molecule has 1 unspecified atom stereocenters. The summed E-state index contributed by atoms with van der Waals surface area (Å²) in [6.45, 7) is 2.93. The zero-order chi connectivity index (χ0) is 33.7. The van der Waals surface area contributed by atoms with Crippen LogP contribution in [0.1, 0.15) is 50.4 Å². The van der Waals surface area contributed by atoms with Crippen molar-refractivity contribution in [3.8, 4) is 29.0 Å². The number of ether oxygens (including phenoxy) is 5. The topological polar surface area (TPSA) is 138 Å². The van der Waals surface area contributed by atoms with Crippen LogP contribution in [0.4, 0.5) is 0 Å². The molecule has 7 rings (SSSR count). The van der Waals surface area contributed by atoms with Crippen molar-refractivity contribution >= 4 is 17.0 Å². The Labute approximate surface area is 283 Å². The van der Waals surface area contributed by atoms with Crippen molar-refractivity contribution in [3.05, 3.63) is 106 Å². The van der Waals surface area contributed by atoms with Gasteiger partial charge in [0, 0.05) is 31.8 Å². The summed E-state index contributed by atoms with van der Waals surface area (Å²) in [6, 6.07) is 23.1. The van der Waals surface area contributed by atoms with Gasteiger partial charge in [-0.1, -0.05) is 30.3 Å². The maximum Gasteiger partial charge on any atom is 0.335 e. The standard InChI is InChI=1S/C38H36N4O7/c1-45-13-14-48-34-18-29(38(43)44)17-33-37(34)41-35(42(33)21-31-10-12-47-31)19-25-7-8-27-16-30(25)23-46-11-9-26-15-24(5-6-28(26)20-39)22-49-36-4-2-3-32(27)40-36/h2-8,15-18,31H,9-14,19,21-23H2,1H3,(H,43,44). The highest BCUT2D eigenvalue weighted by Crippen LogP contribution is 2.32. The molecule has 1 saturated heterocycles. The highest BCUT2D eigenvalue weighted by Gasteiger charge is 2.25. The lowest BCUT2D eigenvalue weighted by molar-refractivity contribution is -0.0589. The third-order valence-electron chi connectivity index (χ3n) is 8.89. The number of rotatable bonds is 9. The number of carbonyl (C=O) groups is 1. The van der Waals surface area contributed by atoms with Crippen molar-refractivity contribution in [2.75, 3.05) is 33.5 Å². The van der Waals surface area contributed by atoms with E-state index >= 15 is 0 Å². The Morgan fingerprint density at radius 1 is 1.04 bits per heavy atom. The molecule has 2 aliphatic rings. The first kappa shape index (κ1) is 32.3. The van der Waals surface area contributed by atoms with E-state index in [4.69, 9.17) is 33.7 Å². The summed E-state index contributed by atoms with van der Waals surface area (Å²) in [7, 11) is 1.59. The number of aromatic nitrogens is 3. The smallest absolute Gasteiger partial charge is 0.335 e. The number of hydrogen-bond donors (Lipinski definition) is 1. The van der Waals surface area contributed by atoms with Crippen molar-refractivity contribution in [2.24, 2.45) is 0 Å². The first-order chi connectivity index (χ1) is 24.0. The maximum absolute atomic E-state index is 12.1. The average molecular weight is 661 g/mol. The van der Waals surface area contributed by atoms with Crippen LogP contribution in [0.2, 0.25) is 0 Å². The lowest BCUT2D eigenvalue weighted by atomic mass is 9.99. The Hall–Kier alpha value is -5.28. The van der Waals surface area contributed by atoms with Gasteiger partial charge in [-0.25, -0.2) is 14.8 Å². The first-order valence-corrected chi connectivity index (χ1v) is 16.3. The Kier molecular flexibility index (Phi) is 9.52. The van der Waals surface area contributed by atoms with E-state index < -0.39 is 5.97 Å². The van der Waals surface area contributed by atoms with Gasteiger partial charge in [-0.05, 0) is 65.4 Å². The SMILES string of the molecule is COCCOc1cc(C(=O)O)cc2c1nc(Cc1ccc3cc1COCCc1cc(ccc1C#N)COc1cccc-3n1)n2CC1CCO1. The van der Waals surface area contributed by atoms with Crippen molar-refractivity contribution < 1.29 is 33.6 Å². The summed E-state index contributed by atoms with van der Waals surface area (Å²) in [6.07, 6.45) is 1.95. The molecule has 11 nitrogen and oxygen atoms in total. The molecule has 4 heterocycles. The third-order valence-corrected chi connectivity index (χ3v) is 8.89. The summed E-state index contributed by atoms with van der Waals surface area (Å²) < 4.78 is 31.3. The fraction of sp³-hybridized carbons (Fsp3) is 0.316. The molecule has 11 heteroatoms. The molecule has 6 bridgehead atoms. The van der Waals surface area contributed by atoms with Crippen LogP contribution in [0.25, 0.3) is 22.3 Å². The summed E-state index contributed by atoms with van der Waals surface area (Å²) in [5.41, 5.74) is 7.53. The Morgan fingerprint density at radius 3 is 2.73 bits per heavy atom. The van der Waals surface area contributed by atoms with E-state index in [0.717, 1.165) is 45.8 Å². The Balaban J connectivity index is 1.27. The molecular formula is C38H36N4O7. The zero-order valence-corrected chi connectivity index (χ0v) is 27.2. The van der Waals surface area contributed by atoms with Gasteiger partial charge in [0.15, 0.2) is 0 Å². The zero-order valence-electron chi connectivity index (χ0n) is 27.2. The van der Waals surface area contributed by atoms with Crippen LogP contribution in [0, 0.1) is 11.3 Å². The number of pyridine rings is 1. The van der Waals surface area contributed by atoms with Crippen LogP contribution < -0.4 is 9.47 Å². The lowest BCUT2D eigenvalue weighted by Crippen LogP contribution is -2.31. The van der Waals surface area contributed by atoms with E-state index in [2.05, 4.69) is 22.8 Å². The van der Waals surface area contributed by atoms with Crippen molar-refractivity contribution in [2.45, 2.75) is 45.1 Å². The van der Waals surface area contributed by atoms with E-state index in [-0.39, 0.29) is 18.3 Å². The molecule has 250 valence electrons. The number of fused-ring (bicyclic) bond motifs is 8. The molecule has 49 heavy (non-hydrogen) atoms. The molecule has 0 saturated carbocycles. The highest BCUT2D eigenvalue weighted by atomic mass is 16.5. The molecule has 1 N–H and O–H groups in total. The number of benzene rings is 3. The van der Waals surface area contributed by atoms with Gasteiger partial charge in [0.2, 0.25) is 5.88 Å². The van der Waals surface area contributed by atoms with E-state index in [9.17, 15) is 15.2 Å². The molecule has 1 fully saturated rings. The second-order valence-corrected chi connectivity index (χ2v) is 12.1. The molecular weight excluding hydrogens is 624 g/mol. The number of hydrogen-bond acceptors (Lipinski definition) is 9. The van der Waals surface area contributed by atoms with Crippen LogP contribution >= 0.6 is 0 Å². The van der Waals surface area contributed by atoms with Crippen molar-refractivity contribution in [1.29, 1.82) is 5.26 Å². The Bertz CT molecular complexity index is 2050. The quantitative estimate of drug-likeness (QED) is 0.195. The highest BCUT2D eigenvalue weighted by molar-refractivity contribution is 5.95. The van der Waals surface area contributed by atoms with E-state index in [1.54, 1.807) is 13.2 Å². The maximum atomic E-state index is 12.1. The normalized spacial score (nSPS) is 15.7. The van der Waals surface area contributed by atoms with Gasteiger partial charge in [0.05, 0.1) is 60.9 Å². The number of nitrogens with zero attached hydrogens (tertiary/aromatic N) is 4. The van der Waals surface area contributed by atoms with Crippen LogP contribution in [0.15, 0.2) is 66.7 Å². The largest absolute Gasteiger partial charge is 0.489 e. The second kappa shape index (κ2) is 14.5. The van der Waals surface area contributed by atoms with Crippen LogP contribution in [-0.2, 0) is 46.8 Å². The van der Waals surface area contributed by atoms with E-state index in [0.29, 0.717) is 80.6 Å². The number of carboxylic acid groups (broad SMARTS) is 1. The number of carboxylic acids is 1. The van der Waals surface area contributed by atoms with E-state index in [1.807, 2.05) is 42.5 Å². The molecule has 1 atom stereocenters. The fourth-order valence-corrected chi connectivity index (χ4v) is 6.17. The van der Waals surface area contributed by atoms with Crippen LogP contribution in [0.3, 0.4) is 0 Å². The molecule has 0 aliphatic carbocycles. The third kappa shape index (κ3) is 7.12. The number of methoxy groups -OCH3 is 1. The summed E-state index contributed by atoms with van der Waals surface area (Å²) in [4.78, 5) is 22.0. The first-order valence-electron chi connectivity index (χ1n) is 16.3. The van der Waals surface area contributed by atoms with Gasteiger partial charge in [-0.15, -0.1) is 0 Å². The summed E-state index contributed by atoms with van der Waals surface area (Å²) in [5.74, 6) is 0.617. The minimum atomic E-state index is -1.05. The van der Waals surface area contributed by atoms with Crippen molar-refractivity contribution in [1.82, 2.24) is 14.5 Å². The predicted octanol–water partition coefficient (Wildman–Crippen LogP) is 5.72. The average Bonchev–Trinajstić information content (AvgIpc) is 3.44. The van der Waals surface area contributed by atoms with Crippen LogP contribution in [0.5, 0.6) is 11.6 Å². The Morgan fingerprint density at radius 2 is 1.94 bits per heavy atom. The summed E-state index contributed by atoms with van der Waals surface area (Å²) >= 11 is 0. The number of imidazole rings is 1. The van der Waals surface area contributed by atoms with Crippen molar-refractivity contribution in [3.63, 3.8) is 0 Å². The van der Waals surface area contributed by atoms with Gasteiger partial charge in [0.25, 0.3) is 0 Å². The minimum absolute atomic E-state index is 0.00712. The summed E-state index contributed by atoms with van der Waals surface area (Å²) in [5, 5.41) is 19.6. The minimum Gasteiger partial charge on any atom is -0.489 e. The van der Waals surface area contributed by atoms with Gasteiger partial charge in [0.1, 0.15) is 30.3 Å². The monoisotopic (exact) mass is 660 g/mol. The molecule has 2 aliphatic heterocycles. The van der Waals surface area contributed by atoms with E-state index in [1.165, 1.54) is 6.07 Å². The lowest BCUT2D eigenvalue weighted by Gasteiger charge is -2.27. The molecule has 0 radical (unpaired) electrons. The predicted molar refractivity (Wildman–Crippen MR) is 180 cm³/mol. The fourth-order valence-electron chi connectivity index (χ4n) is 6.17. The molecule has 3 aromatic carbocycles. The van der Waals surface area contributed by atoms with Gasteiger partial charge in [-0.3, -0.25) is 0 Å². The second-order valence-electron chi connectivity index (χ2n) is 12.1. The van der Waals surface area contributed by atoms with Gasteiger partial charge >= 0.3 is 5.97 Å².